The Bertz CT molecular complexity index is 280. The van der Waals surface area contributed by atoms with Gasteiger partial charge in [-0.1, -0.05) is 25.0 Å². The predicted molar refractivity (Wildman–Crippen MR) is 55.9 cm³/mol. The number of ketones is 1. The molecule has 0 aromatic heterocycles. The third-order valence-corrected chi connectivity index (χ3v) is 3.08. The number of hydrogen-bond donors (Lipinski definition) is 0. The first-order valence-corrected chi connectivity index (χ1v) is 5.56. The Morgan fingerprint density at radius 2 is 1.88 bits per heavy atom. The first-order chi connectivity index (χ1) is 7.32. The van der Waals surface area contributed by atoms with E-state index < -0.39 is 18.0 Å². The van der Waals surface area contributed by atoms with Crippen molar-refractivity contribution in [2.24, 2.45) is 11.8 Å². The molecule has 0 spiro atoms. The van der Waals surface area contributed by atoms with Gasteiger partial charge in [-0.3, -0.25) is 4.79 Å². The van der Waals surface area contributed by atoms with Crippen molar-refractivity contribution in [3.8, 4) is 0 Å². The molecule has 1 aliphatic carbocycles. The molecule has 1 fully saturated rings. The van der Waals surface area contributed by atoms with Gasteiger partial charge in [0, 0.05) is 12.3 Å². The van der Waals surface area contributed by atoms with E-state index >= 15 is 0 Å². The van der Waals surface area contributed by atoms with Crippen LogP contribution in [0.3, 0.4) is 0 Å². The number of alkyl halides is 3. The van der Waals surface area contributed by atoms with Crippen LogP contribution in [0.4, 0.5) is 13.2 Å². The normalized spacial score (nSPS) is 26.5. The van der Waals surface area contributed by atoms with E-state index in [9.17, 15) is 18.0 Å². The fourth-order valence-electron chi connectivity index (χ4n) is 2.34. The Morgan fingerprint density at radius 3 is 2.38 bits per heavy atom. The van der Waals surface area contributed by atoms with E-state index in [2.05, 4.69) is 6.58 Å². The quantitative estimate of drug-likeness (QED) is 0.677. The molecule has 1 nitrogen and oxygen atoms in total. The van der Waals surface area contributed by atoms with E-state index in [1.54, 1.807) is 6.92 Å². The third-order valence-electron chi connectivity index (χ3n) is 3.08. The molecule has 0 saturated heterocycles. The average molecular weight is 234 g/mol. The number of Topliss-reactive ketones (excluding diaryl/α,β-unsaturated/α-hetero) is 1. The smallest absolute Gasteiger partial charge is 0.299 e. The maximum Gasteiger partial charge on any atom is 0.392 e. The molecule has 0 N–H and O–H groups in total. The van der Waals surface area contributed by atoms with Crippen LogP contribution in [0.15, 0.2) is 12.2 Å². The van der Waals surface area contributed by atoms with Crippen molar-refractivity contribution >= 4 is 5.78 Å². The van der Waals surface area contributed by atoms with Gasteiger partial charge < -0.3 is 0 Å². The van der Waals surface area contributed by atoms with Gasteiger partial charge in [0.1, 0.15) is 5.78 Å². The lowest BCUT2D eigenvalue weighted by molar-refractivity contribution is -0.197. The summed E-state index contributed by atoms with van der Waals surface area (Å²) in [6.07, 6.45) is -2.40. The van der Waals surface area contributed by atoms with Crippen molar-refractivity contribution in [1.29, 1.82) is 0 Å². The average Bonchev–Trinajstić information content (AvgIpc) is 2.15. The molecule has 0 aliphatic heterocycles. The molecule has 1 saturated carbocycles. The van der Waals surface area contributed by atoms with Crippen LogP contribution in [0, 0.1) is 11.8 Å². The van der Waals surface area contributed by atoms with Gasteiger partial charge in [-0.2, -0.15) is 13.2 Å². The molecule has 1 aliphatic rings. The standard InChI is InChI=1S/C12H17F3O/c1-8(2)7-11(16)9-5-3-4-6-10(9)12(13,14)15/h9-10H,1,3-7H2,2H3. The summed E-state index contributed by atoms with van der Waals surface area (Å²) in [5.41, 5.74) is 0.636. The molecule has 2 atom stereocenters. The van der Waals surface area contributed by atoms with Crippen molar-refractivity contribution < 1.29 is 18.0 Å². The van der Waals surface area contributed by atoms with Gasteiger partial charge in [0.25, 0.3) is 0 Å². The summed E-state index contributed by atoms with van der Waals surface area (Å²) in [6, 6.07) is 0. The zero-order valence-electron chi connectivity index (χ0n) is 9.44. The molecule has 0 aromatic rings. The number of hydrogen-bond acceptors (Lipinski definition) is 1. The lowest BCUT2D eigenvalue weighted by Gasteiger charge is -2.32. The highest BCUT2D eigenvalue weighted by atomic mass is 19.4. The predicted octanol–water partition coefficient (Wildman–Crippen LogP) is 3.89. The summed E-state index contributed by atoms with van der Waals surface area (Å²) in [7, 11) is 0. The number of allylic oxidation sites excluding steroid dienone is 1. The summed E-state index contributed by atoms with van der Waals surface area (Å²) in [6.45, 7) is 5.25. The van der Waals surface area contributed by atoms with E-state index in [1.807, 2.05) is 0 Å². The molecule has 4 heteroatoms. The zero-order valence-corrected chi connectivity index (χ0v) is 9.44. The van der Waals surface area contributed by atoms with Crippen LogP contribution >= 0.6 is 0 Å². The van der Waals surface area contributed by atoms with Crippen molar-refractivity contribution in [1.82, 2.24) is 0 Å². The molecule has 0 amide bonds. The highest BCUT2D eigenvalue weighted by Crippen LogP contribution is 2.42. The van der Waals surface area contributed by atoms with Crippen LogP contribution in [0.5, 0.6) is 0 Å². The molecule has 16 heavy (non-hydrogen) atoms. The van der Waals surface area contributed by atoms with E-state index in [-0.39, 0.29) is 18.6 Å². The van der Waals surface area contributed by atoms with Crippen LogP contribution in [-0.2, 0) is 4.79 Å². The minimum absolute atomic E-state index is 0.0806. The second kappa shape index (κ2) is 5.02. The fraction of sp³-hybridized carbons (Fsp3) is 0.750. The molecule has 0 bridgehead atoms. The fourth-order valence-corrected chi connectivity index (χ4v) is 2.34. The number of carbonyl (C=O) groups is 1. The second-order valence-electron chi connectivity index (χ2n) is 4.64. The Balaban J connectivity index is 2.74. The van der Waals surface area contributed by atoms with Crippen molar-refractivity contribution in [2.45, 2.75) is 45.2 Å². The van der Waals surface area contributed by atoms with E-state index in [0.717, 1.165) is 6.42 Å². The largest absolute Gasteiger partial charge is 0.392 e. The first-order valence-electron chi connectivity index (χ1n) is 5.56. The Hall–Kier alpha value is -0.800. The van der Waals surface area contributed by atoms with Gasteiger partial charge >= 0.3 is 6.18 Å². The van der Waals surface area contributed by atoms with Gasteiger partial charge in [-0.25, -0.2) is 0 Å². The molecule has 0 heterocycles. The number of halogens is 3. The Kier molecular flexibility index (Phi) is 4.16. The minimum atomic E-state index is -4.24. The highest BCUT2D eigenvalue weighted by molar-refractivity contribution is 5.83. The number of rotatable bonds is 3. The molecule has 2 unspecified atom stereocenters. The number of carbonyl (C=O) groups excluding carboxylic acids is 1. The van der Waals surface area contributed by atoms with Crippen LogP contribution in [0.2, 0.25) is 0 Å². The van der Waals surface area contributed by atoms with Gasteiger partial charge in [-0.15, -0.1) is 0 Å². The summed E-state index contributed by atoms with van der Waals surface area (Å²) in [4.78, 5) is 11.7. The van der Waals surface area contributed by atoms with E-state index in [4.69, 9.17) is 0 Å². The zero-order chi connectivity index (χ0) is 12.3. The highest BCUT2D eigenvalue weighted by Gasteiger charge is 2.47. The van der Waals surface area contributed by atoms with Crippen LogP contribution in [-0.4, -0.2) is 12.0 Å². The lowest BCUT2D eigenvalue weighted by atomic mass is 9.75. The molecule has 92 valence electrons. The second-order valence-corrected chi connectivity index (χ2v) is 4.64. The van der Waals surface area contributed by atoms with Gasteiger partial charge in [0.15, 0.2) is 0 Å². The maximum atomic E-state index is 12.7. The van der Waals surface area contributed by atoms with Gasteiger partial charge in [0.05, 0.1) is 5.92 Å². The van der Waals surface area contributed by atoms with Gasteiger partial charge in [-0.05, 0) is 19.8 Å². The summed E-state index contributed by atoms with van der Waals surface area (Å²) >= 11 is 0. The van der Waals surface area contributed by atoms with Gasteiger partial charge in [0.2, 0.25) is 0 Å². The van der Waals surface area contributed by atoms with Crippen molar-refractivity contribution in [2.75, 3.05) is 0 Å². The first kappa shape index (κ1) is 13.3. The van der Waals surface area contributed by atoms with E-state index in [0.29, 0.717) is 18.4 Å². The van der Waals surface area contributed by atoms with Crippen molar-refractivity contribution in [3.05, 3.63) is 12.2 Å². The molecule has 0 radical (unpaired) electrons. The summed E-state index contributed by atoms with van der Waals surface area (Å²) < 4.78 is 38.1. The Labute approximate surface area is 93.7 Å². The molecular formula is C12H17F3O. The van der Waals surface area contributed by atoms with Crippen LogP contribution < -0.4 is 0 Å². The molecule has 1 rings (SSSR count). The summed E-state index contributed by atoms with van der Waals surface area (Å²) in [5, 5.41) is 0. The molecular weight excluding hydrogens is 217 g/mol. The monoisotopic (exact) mass is 234 g/mol. The topological polar surface area (TPSA) is 17.1 Å². The minimum Gasteiger partial charge on any atom is -0.299 e. The third kappa shape index (κ3) is 3.35. The van der Waals surface area contributed by atoms with Crippen LogP contribution in [0.25, 0.3) is 0 Å². The van der Waals surface area contributed by atoms with Crippen molar-refractivity contribution in [3.63, 3.8) is 0 Å². The van der Waals surface area contributed by atoms with Crippen LogP contribution in [0.1, 0.15) is 39.0 Å². The lowest BCUT2D eigenvalue weighted by Crippen LogP contribution is -2.37. The maximum absolute atomic E-state index is 12.7. The van der Waals surface area contributed by atoms with E-state index in [1.165, 1.54) is 0 Å². The molecule has 0 aromatic carbocycles. The summed E-state index contributed by atoms with van der Waals surface area (Å²) in [5.74, 6) is -2.58. The Morgan fingerprint density at radius 1 is 1.31 bits per heavy atom. The SMILES string of the molecule is C=C(C)CC(=O)C1CCCCC1C(F)(F)F.